The number of H-pyrrole nitrogens is 1. The van der Waals surface area contributed by atoms with Gasteiger partial charge in [-0.05, 0) is 34.5 Å². The second-order valence-electron chi connectivity index (χ2n) is 2.05. The number of nitrogen functional groups attached to an aromatic ring is 1. The second-order valence-corrected chi connectivity index (χ2v) is 2.84. The molecule has 0 aliphatic carbocycles. The summed E-state index contributed by atoms with van der Waals surface area (Å²) < 4.78 is 0.543. The Labute approximate surface area is 66.4 Å². The van der Waals surface area contributed by atoms with Crippen molar-refractivity contribution in [2.24, 2.45) is 0 Å². The van der Waals surface area contributed by atoms with Gasteiger partial charge in [0.1, 0.15) is 5.82 Å². The van der Waals surface area contributed by atoms with E-state index >= 15 is 0 Å². The van der Waals surface area contributed by atoms with Gasteiger partial charge in [-0.25, -0.2) is 0 Å². The molecule has 3 nitrogen and oxygen atoms in total. The largest absolute Gasteiger partial charge is 0.385 e. The molecule has 0 radical (unpaired) electrons. The molecule has 0 unspecified atom stereocenters. The van der Waals surface area contributed by atoms with Crippen LogP contribution in [0.15, 0.2) is 15.3 Å². The van der Waals surface area contributed by atoms with Crippen LogP contribution in [0.5, 0.6) is 0 Å². The first-order valence-electron chi connectivity index (χ1n) is 2.76. The highest BCUT2D eigenvalue weighted by atomic mass is 79.9. The van der Waals surface area contributed by atoms with Gasteiger partial charge in [0, 0.05) is 0 Å². The van der Waals surface area contributed by atoms with Crippen molar-refractivity contribution in [2.45, 2.75) is 6.92 Å². The van der Waals surface area contributed by atoms with E-state index in [4.69, 9.17) is 5.73 Å². The van der Waals surface area contributed by atoms with E-state index in [0.717, 1.165) is 5.56 Å². The van der Waals surface area contributed by atoms with E-state index in [1.165, 1.54) is 0 Å². The zero-order valence-electron chi connectivity index (χ0n) is 5.44. The van der Waals surface area contributed by atoms with Gasteiger partial charge in [0.15, 0.2) is 0 Å². The molecule has 0 saturated heterocycles. The molecule has 1 aromatic rings. The number of nitrogens with two attached hydrogens (primary N) is 1. The maximum atomic E-state index is 10.9. The van der Waals surface area contributed by atoms with E-state index in [9.17, 15) is 4.79 Å². The van der Waals surface area contributed by atoms with Crippen molar-refractivity contribution in [2.75, 3.05) is 5.73 Å². The molecule has 0 spiro atoms. The molecule has 0 atom stereocenters. The van der Waals surface area contributed by atoms with Crippen molar-refractivity contribution in [3.8, 4) is 0 Å². The molecule has 1 aromatic heterocycles. The van der Waals surface area contributed by atoms with Crippen LogP contribution in [0.1, 0.15) is 5.56 Å². The van der Waals surface area contributed by atoms with Gasteiger partial charge in [0.05, 0.1) is 4.47 Å². The Morgan fingerprint density at radius 1 is 1.70 bits per heavy atom. The van der Waals surface area contributed by atoms with E-state index in [1.807, 2.05) is 6.92 Å². The Morgan fingerprint density at radius 2 is 2.30 bits per heavy atom. The highest BCUT2D eigenvalue weighted by molar-refractivity contribution is 9.10. The van der Waals surface area contributed by atoms with Crippen LogP contribution >= 0.6 is 15.9 Å². The highest BCUT2D eigenvalue weighted by Crippen LogP contribution is 2.10. The number of aryl methyl sites for hydroxylation is 1. The summed E-state index contributed by atoms with van der Waals surface area (Å²) in [5, 5.41) is 0. The third kappa shape index (κ3) is 1.21. The molecule has 0 saturated carbocycles. The van der Waals surface area contributed by atoms with Gasteiger partial charge in [0.25, 0.3) is 5.56 Å². The lowest BCUT2D eigenvalue weighted by Gasteiger charge is -1.96. The lowest BCUT2D eigenvalue weighted by molar-refractivity contribution is 1.19. The minimum Gasteiger partial charge on any atom is -0.385 e. The molecule has 0 aromatic carbocycles. The summed E-state index contributed by atoms with van der Waals surface area (Å²) in [6.07, 6.45) is 0. The van der Waals surface area contributed by atoms with Crippen LogP contribution in [0.3, 0.4) is 0 Å². The molecule has 0 amide bonds. The van der Waals surface area contributed by atoms with Crippen LogP contribution in [-0.4, -0.2) is 4.98 Å². The van der Waals surface area contributed by atoms with E-state index in [1.54, 1.807) is 6.07 Å². The zero-order valence-corrected chi connectivity index (χ0v) is 7.03. The lowest BCUT2D eigenvalue weighted by Crippen LogP contribution is -2.10. The van der Waals surface area contributed by atoms with Gasteiger partial charge in [0.2, 0.25) is 0 Å². The average molecular weight is 203 g/mol. The topological polar surface area (TPSA) is 58.9 Å². The fourth-order valence-electron chi connectivity index (χ4n) is 0.698. The molecule has 1 rings (SSSR count). The maximum Gasteiger partial charge on any atom is 0.264 e. The molecule has 4 heteroatoms. The number of aromatic amines is 1. The molecular formula is C6H7BrN2O. The molecule has 54 valence electrons. The SMILES string of the molecule is Cc1cc(N)[nH]c(=O)c1Br. The minimum atomic E-state index is -0.183. The molecule has 1 heterocycles. The summed E-state index contributed by atoms with van der Waals surface area (Å²) in [5.74, 6) is 0.394. The fourth-order valence-corrected chi connectivity index (χ4v) is 0.911. The Kier molecular flexibility index (Phi) is 1.80. The predicted octanol–water partition coefficient (Wildman–Crippen LogP) is 1.03. The molecule has 0 fully saturated rings. The van der Waals surface area contributed by atoms with E-state index < -0.39 is 0 Å². The summed E-state index contributed by atoms with van der Waals surface area (Å²) in [4.78, 5) is 13.3. The van der Waals surface area contributed by atoms with Crippen molar-refractivity contribution < 1.29 is 0 Å². The normalized spacial score (nSPS) is 9.80. The smallest absolute Gasteiger partial charge is 0.264 e. The molecular weight excluding hydrogens is 196 g/mol. The van der Waals surface area contributed by atoms with Gasteiger partial charge in [-0.2, -0.15) is 0 Å². The Hall–Kier alpha value is -0.770. The van der Waals surface area contributed by atoms with Gasteiger partial charge < -0.3 is 10.7 Å². The number of pyridine rings is 1. The third-order valence-corrected chi connectivity index (χ3v) is 2.16. The van der Waals surface area contributed by atoms with Gasteiger partial charge in [-0.15, -0.1) is 0 Å². The van der Waals surface area contributed by atoms with Gasteiger partial charge in [-0.1, -0.05) is 0 Å². The van der Waals surface area contributed by atoms with Crippen molar-refractivity contribution in [3.63, 3.8) is 0 Å². The first kappa shape index (κ1) is 7.34. The van der Waals surface area contributed by atoms with E-state index in [-0.39, 0.29) is 5.56 Å². The number of rotatable bonds is 0. The summed E-state index contributed by atoms with van der Waals surface area (Å²) in [7, 11) is 0. The standard InChI is InChI=1S/C6H7BrN2O/c1-3-2-4(8)9-6(10)5(3)7/h2H,1H3,(H3,8,9,10). The number of aromatic nitrogens is 1. The lowest BCUT2D eigenvalue weighted by atomic mass is 10.3. The van der Waals surface area contributed by atoms with Crippen LogP contribution in [-0.2, 0) is 0 Å². The molecule has 10 heavy (non-hydrogen) atoms. The quantitative estimate of drug-likeness (QED) is 0.661. The summed E-state index contributed by atoms with van der Waals surface area (Å²) in [5.41, 5.74) is 6.02. The minimum absolute atomic E-state index is 0.183. The van der Waals surface area contributed by atoms with Gasteiger partial charge in [-0.3, -0.25) is 4.79 Å². The zero-order chi connectivity index (χ0) is 7.72. The molecule has 3 N–H and O–H groups in total. The number of halogens is 1. The first-order valence-corrected chi connectivity index (χ1v) is 3.55. The molecule has 0 aliphatic heterocycles. The number of hydrogen-bond donors (Lipinski definition) is 2. The van der Waals surface area contributed by atoms with E-state index in [2.05, 4.69) is 20.9 Å². The van der Waals surface area contributed by atoms with Crippen molar-refractivity contribution in [1.29, 1.82) is 0 Å². The van der Waals surface area contributed by atoms with Crippen molar-refractivity contribution in [1.82, 2.24) is 4.98 Å². The average Bonchev–Trinajstić information content (AvgIpc) is 1.82. The third-order valence-electron chi connectivity index (χ3n) is 1.18. The Bertz CT molecular complexity index is 305. The van der Waals surface area contributed by atoms with Crippen LogP contribution < -0.4 is 11.3 Å². The van der Waals surface area contributed by atoms with Crippen LogP contribution in [0.4, 0.5) is 5.82 Å². The Morgan fingerprint density at radius 3 is 2.80 bits per heavy atom. The number of nitrogens with one attached hydrogen (secondary N) is 1. The molecule has 0 aliphatic rings. The van der Waals surface area contributed by atoms with Crippen molar-refractivity contribution in [3.05, 3.63) is 26.5 Å². The second kappa shape index (κ2) is 2.46. The van der Waals surface area contributed by atoms with Crippen LogP contribution in [0, 0.1) is 6.92 Å². The maximum absolute atomic E-state index is 10.9. The van der Waals surface area contributed by atoms with Crippen molar-refractivity contribution >= 4 is 21.7 Å². The van der Waals surface area contributed by atoms with E-state index in [0.29, 0.717) is 10.3 Å². The summed E-state index contributed by atoms with van der Waals surface area (Å²) in [6, 6.07) is 1.70. The van der Waals surface area contributed by atoms with Gasteiger partial charge >= 0.3 is 0 Å². The predicted molar refractivity (Wildman–Crippen MR) is 43.9 cm³/mol. The number of hydrogen-bond acceptors (Lipinski definition) is 2. The Balaban J connectivity index is 3.46. The molecule has 0 bridgehead atoms. The summed E-state index contributed by atoms with van der Waals surface area (Å²) >= 11 is 3.11. The van der Waals surface area contributed by atoms with Crippen LogP contribution in [0.2, 0.25) is 0 Å². The monoisotopic (exact) mass is 202 g/mol. The first-order chi connectivity index (χ1) is 4.61. The number of anilines is 1. The summed E-state index contributed by atoms with van der Waals surface area (Å²) in [6.45, 7) is 1.82. The fraction of sp³-hybridized carbons (Fsp3) is 0.167. The highest BCUT2D eigenvalue weighted by Gasteiger charge is 1.98. The van der Waals surface area contributed by atoms with Crippen LogP contribution in [0.25, 0.3) is 0 Å².